The van der Waals surface area contributed by atoms with E-state index < -0.39 is 0 Å². The zero-order chi connectivity index (χ0) is 20.2. The molecule has 6 heteroatoms. The average Bonchev–Trinajstić information content (AvgIpc) is 3.12. The fourth-order valence-electron chi connectivity index (χ4n) is 3.08. The molecular weight excluding hydrogens is 384 g/mol. The Labute approximate surface area is 172 Å². The fraction of sp³-hybridized carbons (Fsp3) is 0.130. The van der Waals surface area contributed by atoms with Gasteiger partial charge in [0.1, 0.15) is 22.8 Å². The van der Waals surface area contributed by atoms with Gasteiger partial charge in [0.25, 0.3) is 5.91 Å². The minimum absolute atomic E-state index is 0.288. The highest BCUT2D eigenvalue weighted by molar-refractivity contribution is 7.16. The number of methoxy groups -OCH3 is 1. The van der Waals surface area contributed by atoms with Crippen LogP contribution in [0.2, 0.25) is 0 Å². The van der Waals surface area contributed by atoms with Crippen LogP contribution in [0, 0.1) is 0 Å². The van der Waals surface area contributed by atoms with E-state index in [1.54, 1.807) is 31.4 Å². The second-order valence-corrected chi connectivity index (χ2v) is 7.30. The first-order valence-corrected chi connectivity index (χ1v) is 10.1. The molecule has 0 atom stereocenters. The number of aryl methyl sites for hydroxylation is 1. The topological polar surface area (TPSA) is 52.8 Å². The van der Waals surface area contributed by atoms with E-state index in [1.807, 2.05) is 60.0 Å². The summed E-state index contributed by atoms with van der Waals surface area (Å²) in [5.41, 5.74) is 1.47. The number of carbonyl (C=O) groups excluding carboxylic acids is 1. The maximum absolute atomic E-state index is 12.7. The van der Waals surface area contributed by atoms with Crippen molar-refractivity contribution in [3.8, 4) is 17.2 Å². The summed E-state index contributed by atoms with van der Waals surface area (Å²) >= 11 is 1.48. The number of hydrogen-bond donors (Lipinski definition) is 0. The van der Waals surface area contributed by atoms with Gasteiger partial charge in [0.2, 0.25) is 0 Å². The number of carbonyl (C=O) groups is 1. The monoisotopic (exact) mass is 404 g/mol. The Bertz CT molecular complexity index is 1210. The van der Waals surface area contributed by atoms with Crippen LogP contribution in [0.3, 0.4) is 0 Å². The number of ether oxygens (including phenoxy) is 2. The van der Waals surface area contributed by atoms with Gasteiger partial charge in [0.15, 0.2) is 4.80 Å². The molecule has 4 rings (SSSR count). The van der Waals surface area contributed by atoms with Gasteiger partial charge in [0.05, 0.1) is 11.8 Å². The second kappa shape index (κ2) is 8.32. The summed E-state index contributed by atoms with van der Waals surface area (Å²) in [5.74, 6) is 1.91. The standard InChI is InChI=1S/C23H20N2O3S/c1-3-25-21-19(27-2)10-7-11-20(21)29-23(25)24-22(26)16-12-14-18(15-13-16)28-17-8-5-4-6-9-17/h4-15H,3H2,1-2H3. The van der Waals surface area contributed by atoms with E-state index in [4.69, 9.17) is 9.47 Å². The van der Waals surface area contributed by atoms with Crippen LogP contribution in [0.4, 0.5) is 0 Å². The molecule has 0 bridgehead atoms. The van der Waals surface area contributed by atoms with Gasteiger partial charge in [-0.2, -0.15) is 4.99 Å². The van der Waals surface area contributed by atoms with Crippen molar-refractivity contribution in [3.05, 3.63) is 83.2 Å². The Morgan fingerprint density at radius 3 is 2.38 bits per heavy atom. The van der Waals surface area contributed by atoms with Gasteiger partial charge in [0, 0.05) is 12.1 Å². The minimum Gasteiger partial charge on any atom is -0.495 e. The van der Waals surface area contributed by atoms with Gasteiger partial charge in [-0.25, -0.2) is 0 Å². The van der Waals surface area contributed by atoms with Crippen molar-refractivity contribution in [2.45, 2.75) is 13.5 Å². The highest BCUT2D eigenvalue weighted by Gasteiger charge is 2.12. The van der Waals surface area contributed by atoms with Gasteiger partial charge in [-0.3, -0.25) is 4.79 Å². The normalized spacial score (nSPS) is 11.6. The zero-order valence-corrected chi connectivity index (χ0v) is 17.0. The van der Waals surface area contributed by atoms with E-state index in [9.17, 15) is 4.79 Å². The predicted molar refractivity (Wildman–Crippen MR) is 115 cm³/mol. The molecule has 0 radical (unpaired) electrons. The van der Waals surface area contributed by atoms with Crippen LogP contribution in [-0.4, -0.2) is 17.6 Å². The lowest BCUT2D eigenvalue weighted by molar-refractivity contribution is 0.0998. The number of benzene rings is 3. The maximum Gasteiger partial charge on any atom is 0.279 e. The van der Waals surface area contributed by atoms with Gasteiger partial charge >= 0.3 is 0 Å². The summed E-state index contributed by atoms with van der Waals surface area (Å²) in [7, 11) is 1.65. The molecule has 0 aliphatic rings. The molecule has 0 aliphatic heterocycles. The Balaban J connectivity index is 1.64. The molecule has 0 saturated heterocycles. The summed E-state index contributed by atoms with van der Waals surface area (Å²) in [5, 5.41) is 0. The third kappa shape index (κ3) is 3.93. The van der Waals surface area contributed by atoms with E-state index in [2.05, 4.69) is 4.99 Å². The molecular formula is C23H20N2O3S. The van der Waals surface area contributed by atoms with Crippen LogP contribution in [0.25, 0.3) is 10.2 Å². The largest absolute Gasteiger partial charge is 0.495 e. The quantitative estimate of drug-likeness (QED) is 0.456. The van der Waals surface area contributed by atoms with Crippen LogP contribution in [-0.2, 0) is 6.54 Å². The molecule has 4 aromatic rings. The van der Waals surface area contributed by atoms with E-state index in [0.717, 1.165) is 21.7 Å². The SMILES string of the molecule is CCn1c(=NC(=O)c2ccc(Oc3ccccc3)cc2)sc2cccc(OC)c21. The lowest BCUT2D eigenvalue weighted by Gasteiger charge is -2.06. The van der Waals surface area contributed by atoms with Gasteiger partial charge < -0.3 is 14.0 Å². The number of para-hydroxylation sites is 2. The van der Waals surface area contributed by atoms with Gasteiger partial charge in [-0.05, 0) is 55.5 Å². The van der Waals surface area contributed by atoms with Crippen LogP contribution in [0.1, 0.15) is 17.3 Å². The van der Waals surface area contributed by atoms with Crippen molar-refractivity contribution in [1.82, 2.24) is 4.57 Å². The van der Waals surface area contributed by atoms with Crippen molar-refractivity contribution in [2.75, 3.05) is 7.11 Å². The summed E-state index contributed by atoms with van der Waals surface area (Å²) in [4.78, 5) is 17.8. The van der Waals surface area contributed by atoms with Gasteiger partial charge in [-0.1, -0.05) is 35.6 Å². The third-order valence-electron chi connectivity index (χ3n) is 4.48. The average molecular weight is 404 g/mol. The van der Waals surface area contributed by atoms with Crippen molar-refractivity contribution in [2.24, 2.45) is 4.99 Å². The summed E-state index contributed by atoms with van der Waals surface area (Å²) in [6.45, 7) is 2.72. The fourth-order valence-corrected chi connectivity index (χ4v) is 4.19. The van der Waals surface area contributed by atoms with Crippen LogP contribution in [0.15, 0.2) is 77.8 Å². The summed E-state index contributed by atoms with van der Waals surface area (Å²) in [6, 6.07) is 22.4. The number of aromatic nitrogens is 1. The lowest BCUT2D eigenvalue weighted by Crippen LogP contribution is -2.16. The van der Waals surface area contributed by atoms with Crippen LogP contribution < -0.4 is 14.3 Å². The van der Waals surface area contributed by atoms with Crippen molar-refractivity contribution < 1.29 is 14.3 Å². The minimum atomic E-state index is -0.288. The van der Waals surface area contributed by atoms with Crippen LogP contribution in [0.5, 0.6) is 17.2 Å². The lowest BCUT2D eigenvalue weighted by atomic mass is 10.2. The highest BCUT2D eigenvalue weighted by Crippen LogP contribution is 2.27. The molecule has 0 N–H and O–H groups in total. The Morgan fingerprint density at radius 1 is 0.966 bits per heavy atom. The molecule has 0 saturated carbocycles. The number of thiazole rings is 1. The molecule has 1 amide bonds. The number of fused-ring (bicyclic) bond motifs is 1. The second-order valence-electron chi connectivity index (χ2n) is 6.29. The summed E-state index contributed by atoms with van der Waals surface area (Å²) < 4.78 is 14.3. The van der Waals surface area contributed by atoms with Crippen molar-refractivity contribution >= 4 is 27.5 Å². The number of hydrogen-bond acceptors (Lipinski definition) is 4. The molecule has 0 spiro atoms. The van der Waals surface area contributed by atoms with E-state index in [1.165, 1.54) is 11.3 Å². The Kier molecular flexibility index (Phi) is 5.44. The first-order chi connectivity index (χ1) is 14.2. The van der Waals surface area contributed by atoms with Crippen LogP contribution >= 0.6 is 11.3 Å². The highest BCUT2D eigenvalue weighted by atomic mass is 32.1. The molecule has 29 heavy (non-hydrogen) atoms. The Morgan fingerprint density at radius 2 is 1.69 bits per heavy atom. The molecule has 3 aromatic carbocycles. The molecule has 0 aliphatic carbocycles. The maximum atomic E-state index is 12.7. The Hall–Kier alpha value is -3.38. The molecule has 0 unspecified atom stereocenters. The van der Waals surface area contributed by atoms with Crippen molar-refractivity contribution in [3.63, 3.8) is 0 Å². The number of rotatable bonds is 5. The van der Waals surface area contributed by atoms with E-state index >= 15 is 0 Å². The first-order valence-electron chi connectivity index (χ1n) is 9.28. The number of nitrogens with zero attached hydrogens (tertiary/aromatic N) is 2. The van der Waals surface area contributed by atoms with E-state index in [-0.39, 0.29) is 5.91 Å². The molecule has 0 fully saturated rings. The number of amides is 1. The molecule has 5 nitrogen and oxygen atoms in total. The van der Waals surface area contributed by atoms with Crippen molar-refractivity contribution in [1.29, 1.82) is 0 Å². The molecule has 1 heterocycles. The zero-order valence-electron chi connectivity index (χ0n) is 16.2. The predicted octanol–water partition coefficient (Wildman–Crippen LogP) is 5.26. The summed E-state index contributed by atoms with van der Waals surface area (Å²) in [6.07, 6.45) is 0. The molecule has 146 valence electrons. The smallest absolute Gasteiger partial charge is 0.279 e. The van der Waals surface area contributed by atoms with E-state index in [0.29, 0.717) is 22.7 Å². The third-order valence-corrected chi connectivity index (χ3v) is 5.52. The first kappa shape index (κ1) is 19.0. The molecule has 1 aromatic heterocycles. The van der Waals surface area contributed by atoms with Gasteiger partial charge in [-0.15, -0.1) is 0 Å².